The molecule has 1 aliphatic carbocycles. The van der Waals surface area contributed by atoms with E-state index in [0.29, 0.717) is 0 Å². The average Bonchev–Trinajstić information content (AvgIpc) is 2.80. The Balaban J connectivity index is 1.95. The van der Waals surface area contributed by atoms with Crippen LogP contribution in [-0.4, -0.2) is 48.1 Å². The third-order valence-electron chi connectivity index (χ3n) is 3.84. The van der Waals surface area contributed by atoms with Crippen LogP contribution in [0.2, 0.25) is 0 Å². The lowest BCUT2D eigenvalue weighted by Gasteiger charge is -2.39. The molecular weight excluding hydrogens is 228 g/mol. The SMILES string of the molecule is COC(=O)[C@@H]1[C@H]2C=CC3(O)CO[C@@H](O[C@@H]1O)[C@@H]23. The average molecular weight is 242 g/mol. The summed E-state index contributed by atoms with van der Waals surface area (Å²) in [5.41, 5.74) is -1.10. The fourth-order valence-electron chi connectivity index (χ4n) is 3.01. The molecule has 0 spiro atoms. The Morgan fingerprint density at radius 1 is 1.59 bits per heavy atom. The second kappa shape index (κ2) is 3.52. The second-order valence-electron chi connectivity index (χ2n) is 4.71. The standard InChI is InChI=1S/C11H14O6/c1-15-8(12)6-5-2-3-11(14)4-16-10(7(5)11)17-9(6)13/h2-3,5-7,9-10,13-14H,4H2,1H3/t5-,6+,7-,9+,10+,11?/m1/s1. The molecule has 6 atom stereocenters. The molecule has 94 valence electrons. The van der Waals surface area contributed by atoms with Crippen LogP contribution in [0.5, 0.6) is 0 Å². The minimum atomic E-state index is -1.27. The van der Waals surface area contributed by atoms with Crippen molar-refractivity contribution in [2.75, 3.05) is 13.7 Å². The predicted octanol–water partition coefficient (Wildman–Crippen LogP) is -0.986. The van der Waals surface area contributed by atoms with Crippen molar-refractivity contribution in [1.82, 2.24) is 0 Å². The molecular formula is C11H14O6. The number of esters is 1. The number of carbonyl (C=O) groups excluding carboxylic acids is 1. The molecule has 3 aliphatic rings. The van der Waals surface area contributed by atoms with Gasteiger partial charge in [0.25, 0.3) is 0 Å². The first-order valence-corrected chi connectivity index (χ1v) is 5.51. The number of carbonyl (C=O) groups is 1. The van der Waals surface area contributed by atoms with Crippen LogP contribution in [0, 0.1) is 17.8 Å². The van der Waals surface area contributed by atoms with E-state index in [1.54, 1.807) is 12.2 Å². The summed E-state index contributed by atoms with van der Waals surface area (Å²) in [6.45, 7) is 0.121. The van der Waals surface area contributed by atoms with Gasteiger partial charge in [0.15, 0.2) is 12.6 Å². The molecule has 2 saturated heterocycles. The summed E-state index contributed by atoms with van der Waals surface area (Å²) >= 11 is 0. The van der Waals surface area contributed by atoms with Gasteiger partial charge in [-0.05, 0) is 0 Å². The monoisotopic (exact) mass is 242 g/mol. The van der Waals surface area contributed by atoms with Crippen LogP contribution in [0.25, 0.3) is 0 Å². The third-order valence-corrected chi connectivity index (χ3v) is 3.84. The Bertz CT molecular complexity index is 380. The highest BCUT2D eigenvalue weighted by Crippen LogP contribution is 2.50. The van der Waals surface area contributed by atoms with Gasteiger partial charge in [0.1, 0.15) is 11.5 Å². The molecule has 2 fully saturated rings. The van der Waals surface area contributed by atoms with E-state index in [2.05, 4.69) is 4.74 Å². The smallest absolute Gasteiger partial charge is 0.314 e. The van der Waals surface area contributed by atoms with Crippen molar-refractivity contribution in [2.45, 2.75) is 18.2 Å². The second-order valence-corrected chi connectivity index (χ2v) is 4.71. The van der Waals surface area contributed by atoms with Crippen molar-refractivity contribution < 1.29 is 29.2 Å². The minimum Gasteiger partial charge on any atom is -0.469 e. The zero-order valence-corrected chi connectivity index (χ0v) is 9.28. The zero-order chi connectivity index (χ0) is 12.2. The number of hydrogen-bond donors (Lipinski definition) is 2. The van der Waals surface area contributed by atoms with Crippen LogP contribution in [0.3, 0.4) is 0 Å². The van der Waals surface area contributed by atoms with E-state index in [9.17, 15) is 15.0 Å². The number of hydrogen-bond acceptors (Lipinski definition) is 6. The van der Waals surface area contributed by atoms with Gasteiger partial charge in [0.2, 0.25) is 0 Å². The van der Waals surface area contributed by atoms with Crippen LogP contribution in [0.1, 0.15) is 0 Å². The molecule has 6 heteroatoms. The van der Waals surface area contributed by atoms with Gasteiger partial charge in [-0.15, -0.1) is 0 Å². The van der Waals surface area contributed by atoms with Crippen LogP contribution in [-0.2, 0) is 19.0 Å². The fourth-order valence-corrected chi connectivity index (χ4v) is 3.01. The van der Waals surface area contributed by atoms with Gasteiger partial charge in [-0.2, -0.15) is 0 Å². The van der Waals surface area contributed by atoms with E-state index < -0.39 is 30.1 Å². The number of aliphatic hydroxyl groups is 2. The maximum atomic E-state index is 11.6. The van der Waals surface area contributed by atoms with Gasteiger partial charge < -0.3 is 24.4 Å². The summed E-state index contributed by atoms with van der Waals surface area (Å²) in [6.07, 6.45) is 1.43. The Morgan fingerprint density at radius 2 is 2.35 bits per heavy atom. The maximum Gasteiger partial charge on any atom is 0.314 e. The lowest BCUT2D eigenvalue weighted by atomic mass is 9.77. The van der Waals surface area contributed by atoms with E-state index in [1.807, 2.05) is 0 Å². The molecule has 6 nitrogen and oxygen atoms in total. The largest absolute Gasteiger partial charge is 0.469 e. The molecule has 0 aromatic heterocycles. The number of ether oxygens (including phenoxy) is 3. The highest BCUT2D eigenvalue weighted by Gasteiger charge is 2.61. The minimum absolute atomic E-state index is 0.121. The van der Waals surface area contributed by atoms with Gasteiger partial charge in [0.05, 0.1) is 19.6 Å². The first kappa shape index (κ1) is 11.2. The molecule has 1 unspecified atom stereocenters. The molecule has 17 heavy (non-hydrogen) atoms. The van der Waals surface area contributed by atoms with E-state index in [4.69, 9.17) is 9.47 Å². The van der Waals surface area contributed by atoms with Crippen molar-refractivity contribution in [1.29, 1.82) is 0 Å². The summed E-state index contributed by atoms with van der Waals surface area (Å²) in [5.74, 6) is -2.02. The van der Waals surface area contributed by atoms with Crippen molar-refractivity contribution in [3.8, 4) is 0 Å². The first-order valence-electron chi connectivity index (χ1n) is 5.51. The fraction of sp³-hybridized carbons (Fsp3) is 0.727. The van der Waals surface area contributed by atoms with Gasteiger partial charge in [-0.1, -0.05) is 12.2 Å². The highest BCUT2D eigenvalue weighted by molar-refractivity contribution is 5.74. The topological polar surface area (TPSA) is 85.2 Å². The summed E-state index contributed by atoms with van der Waals surface area (Å²) in [4.78, 5) is 11.6. The van der Waals surface area contributed by atoms with Crippen LogP contribution < -0.4 is 0 Å². The maximum absolute atomic E-state index is 11.6. The summed E-state index contributed by atoms with van der Waals surface area (Å²) < 4.78 is 15.2. The van der Waals surface area contributed by atoms with Crippen molar-refractivity contribution >= 4 is 5.97 Å². The van der Waals surface area contributed by atoms with Crippen molar-refractivity contribution in [3.63, 3.8) is 0 Å². The molecule has 2 N–H and O–H groups in total. The van der Waals surface area contributed by atoms with Crippen LogP contribution in [0.4, 0.5) is 0 Å². The summed E-state index contributed by atoms with van der Waals surface area (Å²) in [6, 6.07) is 0. The normalized spacial score (nSPS) is 51.4. The summed E-state index contributed by atoms with van der Waals surface area (Å²) in [7, 11) is 1.26. The van der Waals surface area contributed by atoms with E-state index >= 15 is 0 Å². The lowest BCUT2D eigenvalue weighted by molar-refractivity contribution is -0.280. The van der Waals surface area contributed by atoms with Crippen LogP contribution in [0.15, 0.2) is 12.2 Å². The molecule has 3 rings (SSSR count). The molecule has 0 radical (unpaired) electrons. The highest BCUT2D eigenvalue weighted by atomic mass is 16.7. The Morgan fingerprint density at radius 3 is 3.06 bits per heavy atom. The molecule has 2 aliphatic heterocycles. The zero-order valence-electron chi connectivity index (χ0n) is 9.28. The van der Waals surface area contributed by atoms with Crippen molar-refractivity contribution in [2.24, 2.45) is 17.8 Å². The summed E-state index contributed by atoms with van der Waals surface area (Å²) in [5, 5.41) is 20.1. The quantitative estimate of drug-likeness (QED) is 0.454. The molecule has 0 aromatic rings. The number of methoxy groups -OCH3 is 1. The third kappa shape index (κ3) is 1.38. The van der Waals surface area contributed by atoms with Gasteiger partial charge in [-0.3, -0.25) is 4.79 Å². The van der Waals surface area contributed by atoms with E-state index in [-0.39, 0.29) is 18.4 Å². The van der Waals surface area contributed by atoms with E-state index in [1.165, 1.54) is 7.11 Å². The lowest BCUT2D eigenvalue weighted by Crippen LogP contribution is -2.51. The molecule has 0 amide bonds. The predicted molar refractivity (Wildman–Crippen MR) is 53.4 cm³/mol. The Kier molecular flexibility index (Phi) is 2.31. The molecule has 0 bridgehead atoms. The number of rotatable bonds is 1. The molecule has 0 saturated carbocycles. The molecule has 2 heterocycles. The Labute approximate surface area is 97.8 Å². The Hall–Kier alpha value is -0.950. The van der Waals surface area contributed by atoms with Gasteiger partial charge in [-0.25, -0.2) is 0 Å². The van der Waals surface area contributed by atoms with E-state index in [0.717, 1.165) is 0 Å². The van der Waals surface area contributed by atoms with Gasteiger partial charge in [0, 0.05) is 5.92 Å². The molecule has 0 aromatic carbocycles. The van der Waals surface area contributed by atoms with Crippen molar-refractivity contribution in [3.05, 3.63) is 12.2 Å². The van der Waals surface area contributed by atoms with Crippen LogP contribution >= 0.6 is 0 Å². The number of allylic oxidation sites excluding steroid dienone is 1. The van der Waals surface area contributed by atoms with Gasteiger partial charge >= 0.3 is 5.97 Å². The number of aliphatic hydroxyl groups excluding tert-OH is 1. The first-order chi connectivity index (χ1) is 8.07.